The van der Waals surface area contributed by atoms with Crippen LogP contribution in [0.5, 0.6) is 0 Å². The molecule has 0 saturated carbocycles. The number of sulfonamides is 1. The van der Waals surface area contributed by atoms with Crippen molar-refractivity contribution in [3.63, 3.8) is 0 Å². The Morgan fingerprint density at radius 1 is 1.25 bits per heavy atom. The summed E-state index contributed by atoms with van der Waals surface area (Å²) in [5.74, 6) is 0.774. The fourth-order valence-electron chi connectivity index (χ4n) is 2.52. The van der Waals surface area contributed by atoms with Crippen LogP contribution in [0.1, 0.15) is 28.9 Å². The number of aromatic amines is 1. The molecular weight excluding hydrogens is 402 g/mol. The predicted octanol–water partition coefficient (Wildman–Crippen LogP) is 1.96. The highest BCUT2D eigenvalue weighted by atomic mass is 32.2. The van der Waals surface area contributed by atoms with Crippen LogP contribution in [-0.2, 0) is 29.7 Å². The number of nitrogens with one attached hydrogen (secondary N) is 3. The molecule has 3 rings (SSSR count). The molecule has 0 spiro atoms. The lowest BCUT2D eigenvalue weighted by Gasteiger charge is -2.08. The number of carbonyl (C=O) groups excluding carboxylic acids is 1. The molecule has 9 nitrogen and oxygen atoms in total. The van der Waals surface area contributed by atoms with E-state index in [1.165, 1.54) is 30.5 Å². The predicted molar refractivity (Wildman–Crippen MR) is 103 cm³/mol. The molecule has 148 valence electrons. The van der Waals surface area contributed by atoms with Crippen LogP contribution in [0.4, 0.5) is 0 Å². The van der Waals surface area contributed by atoms with Gasteiger partial charge in [-0.25, -0.2) is 13.1 Å². The standard InChI is InChI=1S/C17H19N5O4S2/c1-2-22-15(20-21-17(22)27)11-18-16(23)12-5-7-14(8-6-12)28(24,25)19-10-13-4-3-9-26-13/h3-9,19H,2,10-11H2,1H3,(H,18,23)(H,21,27). The van der Waals surface area contributed by atoms with E-state index in [2.05, 4.69) is 20.2 Å². The molecule has 2 heterocycles. The van der Waals surface area contributed by atoms with Gasteiger partial charge in [0, 0.05) is 12.1 Å². The summed E-state index contributed by atoms with van der Waals surface area (Å²) in [7, 11) is -3.71. The van der Waals surface area contributed by atoms with E-state index in [1.807, 2.05) is 6.92 Å². The third kappa shape index (κ3) is 4.55. The molecule has 11 heteroatoms. The Labute approximate surface area is 166 Å². The van der Waals surface area contributed by atoms with Crippen LogP contribution in [-0.4, -0.2) is 29.1 Å². The molecule has 1 aromatic carbocycles. The van der Waals surface area contributed by atoms with Crippen molar-refractivity contribution in [3.05, 3.63) is 64.6 Å². The van der Waals surface area contributed by atoms with Crippen molar-refractivity contribution in [1.82, 2.24) is 24.8 Å². The second-order valence-electron chi connectivity index (χ2n) is 5.80. The second-order valence-corrected chi connectivity index (χ2v) is 7.95. The highest BCUT2D eigenvalue weighted by molar-refractivity contribution is 7.89. The largest absolute Gasteiger partial charge is 0.468 e. The van der Waals surface area contributed by atoms with E-state index in [1.54, 1.807) is 16.7 Å². The highest BCUT2D eigenvalue weighted by Gasteiger charge is 2.16. The SMILES string of the molecule is CCn1c(CNC(=O)c2ccc(S(=O)(=O)NCc3ccco3)cc2)n[nH]c1=S. The number of hydrogen-bond acceptors (Lipinski definition) is 6. The number of carbonyl (C=O) groups is 1. The molecule has 0 aliphatic carbocycles. The Hall–Kier alpha value is -2.76. The van der Waals surface area contributed by atoms with Gasteiger partial charge >= 0.3 is 0 Å². The van der Waals surface area contributed by atoms with E-state index in [9.17, 15) is 13.2 Å². The van der Waals surface area contributed by atoms with Crippen LogP contribution < -0.4 is 10.0 Å². The van der Waals surface area contributed by atoms with Crippen LogP contribution >= 0.6 is 12.2 Å². The molecule has 0 aliphatic rings. The van der Waals surface area contributed by atoms with Gasteiger partial charge in [-0.2, -0.15) is 5.10 Å². The van der Waals surface area contributed by atoms with Crippen LogP contribution in [0.2, 0.25) is 0 Å². The third-order valence-electron chi connectivity index (χ3n) is 4.00. The Balaban J connectivity index is 1.62. The molecule has 2 aromatic heterocycles. The quantitative estimate of drug-likeness (QED) is 0.478. The van der Waals surface area contributed by atoms with Gasteiger partial charge < -0.3 is 14.3 Å². The van der Waals surface area contributed by atoms with E-state index in [-0.39, 0.29) is 23.9 Å². The number of aromatic nitrogens is 3. The molecular formula is C17H19N5O4S2. The monoisotopic (exact) mass is 421 g/mol. The first kappa shape index (κ1) is 20.0. The molecule has 3 aromatic rings. The normalized spacial score (nSPS) is 11.5. The zero-order valence-electron chi connectivity index (χ0n) is 15.0. The Morgan fingerprint density at radius 2 is 2.00 bits per heavy atom. The topological polar surface area (TPSA) is 122 Å². The second kappa shape index (κ2) is 8.50. The first-order valence-corrected chi connectivity index (χ1v) is 10.3. The minimum absolute atomic E-state index is 0.0451. The molecule has 28 heavy (non-hydrogen) atoms. The maximum atomic E-state index is 12.3. The van der Waals surface area contributed by atoms with Crippen molar-refractivity contribution in [1.29, 1.82) is 0 Å². The zero-order chi connectivity index (χ0) is 20.1. The lowest BCUT2D eigenvalue weighted by molar-refractivity contribution is 0.0949. The number of rotatable bonds is 8. The maximum absolute atomic E-state index is 12.3. The average Bonchev–Trinajstić information content (AvgIpc) is 3.34. The van der Waals surface area contributed by atoms with Crippen molar-refractivity contribution in [2.24, 2.45) is 0 Å². The van der Waals surface area contributed by atoms with Gasteiger partial charge in [0.25, 0.3) is 5.91 Å². The lowest BCUT2D eigenvalue weighted by Crippen LogP contribution is -2.25. The number of H-pyrrole nitrogens is 1. The summed E-state index contributed by atoms with van der Waals surface area (Å²) in [6, 6.07) is 9.01. The number of hydrogen-bond donors (Lipinski definition) is 3. The smallest absolute Gasteiger partial charge is 0.251 e. The van der Waals surface area contributed by atoms with E-state index < -0.39 is 10.0 Å². The Bertz CT molecular complexity index is 1100. The number of benzene rings is 1. The number of furan rings is 1. The van der Waals surface area contributed by atoms with Gasteiger partial charge in [-0.05, 0) is 55.5 Å². The molecule has 0 radical (unpaired) electrons. The first-order chi connectivity index (χ1) is 13.4. The summed E-state index contributed by atoms with van der Waals surface area (Å²) in [5, 5.41) is 9.50. The van der Waals surface area contributed by atoms with Crippen LogP contribution in [0.3, 0.4) is 0 Å². The van der Waals surface area contributed by atoms with Crippen molar-refractivity contribution in [2.45, 2.75) is 31.5 Å². The minimum Gasteiger partial charge on any atom is -0.468 e. The van der Waals surface area contributed by atoms with Crippen molar-refractivity contribution < 1.29 is 17.6 Å². The van der Waals surface area contributed by atoms with E-state index in [0.717, 1.165) is 0 Å². The first-order valence-electron chi connectivity index (χ1n) is 8.45. The molecule has 0 fully saturated rings. The summed E-state index contributed by atoms with van der Waals surface area (Å²) in [6.07, 6.45) is 1.47. The summed E-state index contributed by atoms with van der Waals surface area (Å²) >= 11 is 5.11. The van der Waals surface area contributed by atoms with Gasteiger partial charge in [0.2, 0.25) is 10.0 Å². The summed E-state index contributed by atoms with van der Waals surface area (Å²) in [5.41, 5.74) is 0.335. The molecule has 0 bridgehead atoms. The Morgan fingerprint density at radius 3 is 2.64 bits per heavy atom. The summed E-state index contributed by atoms with van der Waals surface area (Å²) in [4.78, 5) is 12.4. The number of nitrogens with zero attached hydrogens (tertiary/aromatic N) is 2. The van der Waals surface area contributed by atoms with Crippen LogP contribution in [0, 0.1) is 4.77 Å². The molecule has 3 N–H and O–H groups in total. The van der Waals surface area contributed by atoms with Gasteiger partial charge in [-0.15, -0.1) is 0 Å². The molecule has 0 atom stereocenters. The Kier molecular flexibility index (Phi) is 6.07. The maximum Gasteiger partial charge on any atom is 0.251 e. The fourth-order valence-corrected chi connectivity index (χ4v) is 3.79. The molecule has 0 saturated heterocycles. The van der Waals surface area contributed by atoms with Crippen molar-refractivity contribution in [2.75, 3.05) is 0 Å². The molecule has 0 aliphatic heterocycles. The van der Waals surface area contributed by atoms with Gasteiger partial charge in [0.1, 0.15) is 5.76 Å². The molecule has 0 unspecified atom stereocenters. The average molecular weight is 422 g/mol. The van der Waals surface area contributed by atoms with E-state index >= 15 is 0 Å². The van der Waals surface area contributed by atoms with Crippen molar-refractivity contribution in [3.8, 4) is 0 Å². The van der Waals surface area contributed by atoms with Gasteiger partial charge in [0.05, 0.1) is 24.2 Å². The summed E-state index contributed by atoms with van der Waals surface area (Å²) < 4.78 is 34.4. The zero-order valence-corrected chi connectivity index (χ0v) is 16.6. The van der Waals surface area contributed by atoms with Crippen LogP contribution in [0.15, 0.2) is 52.0 Å². The lowest BCUT2D eigenvalue weighted by atomic mass is 10.2. The number of amides is 1. The van der Waals surface area contributed by atoms with Gasteiger partial charge in [-0.3, -0.25) is 9.89 Å². The van der Waals surface area contributed by atoms with Crippen LogP contribution in [0.25, 0.3) is 0 Å². The molecule has 1 amide bonds. The fraction of sp³-hybridized carbons (Fsp3) is 0.235. The van der Waals surface area contributed by atoms with E-state index in [0.29, 0.717) is 28.5 Å². The van der Waals surface area contributed by atoms with E-state index in [4.69, 9.17) is 16.6 Å². The third-order valence-corrected chi connectivity index (χ3v) is 5.73. The summed E-state index contributed by atoms with van der Waals surface area (Å²) in [6.45, 7) is 2.81. The van der Waals surface area contributed by atoms with Gasteiger partial charge in [0.15, 0.2) is 10.6 Å². The van der Waals surface area contributed by atoms with Gasteiger partial charge in [-0.1, -0.05) is 0 Å². The highest BCUT2D eigenvalue weighted by Crippen LogP contribution is 2.12. The van der Waals surface area contributed by atoms with Crippen molar-refractivity contribution >= 4 is 28.1 Å². The minimum atomic E-state index is -3.71.